The molecule has 0 saturated heterocycles. The van der Waals surface area contributed by atoms with Crippen molar-refractivity contribution in [2.45, 2.75) is 26.1 Å². The molecule has 2 heterocycles. The monoisotopic (exact) mass is 274 g/mol. The van der Waals surface area contributed by atoms with Crippen molar-refractivity contribution in [2.24, 2.45) is 5.73 Å². The Bertz CT molecular complexity index is 567. The molecule has 0 aromatic carbocycles. The van der Waals surface area contributed by atoms with Crippen LogP contribution < -0.4 is 5.73 Å². The molecule has 1 atom stereocenters. The Morgan fingerprint density at radius 2 is 2.15 bits per heavy atom. The van der Waals surface area contributed by atoms with Crippen LogP contribution in [0.3, 0.4) is 0 Å². The maximum Gasteiger partial charge on any atom is 0.244 e. The average molecular weight is 274 g/mol. The summed E-state index contributed by atoms with van der Waals surface area (Å²) in [6.45, 7) is 2.44. The molecule has 0 radical (unpaired) electrons. The van der Waals surface area contributed by atoms with E-state index < -0.39 is 0 Å². The first-order valence-electron chi connectivity index (χ1n) is 6.36. The number of hydrogen-bond donors (Lipinski definition) is 1. The number of pyridine rings is 1. The Morgan fingerprint density at radius 3 is 2.75 bits per heavy atom. The van der Waals surface area contributed by atoms with Crippen LogP contribution in [0.15, 0.2) is 30.7 Å². The second-order valence-electron chi connectivity index (χ2n) is 4.57. The normalized spacial score (nSPS) is 12.2. The van der Waals surface area contributed by atoms with Gasteiger partial charge < -0.3 is 10.6 Å². The number of carbonyl (C=O) groups is 1. The minimum Gasteiger partial charge on any atom is -0.337 e. The van der Waals surface area contributed by atoms with E-state index in [1.165, 1.54) is 4.68 Å². The number of amides is 1. The first-order valence-corrected chi connectivity index (χ1v) is 6.36. The molecule has 0 fully saturated rings. The Balaban J connectivity index is 2.01. The molecule has 0 aliphatic carbocycles. The lowest BCUT2D eigenvalue weighted by atomic mass is 10.1. The summed E-state index contributed by atoms with van der Waals surface area (Å²) >= 11 is 0. The molecule has 0 aliphatic rings. The molecule has 1 unspecified atom stereocenters. The van der Waals surface area contributed by atoms with E-state index in [0.29, 0.717) is 12.2 Å². The fraction of sp³-hybridized carbons (Fsp3) is 0.385. The molecule has 106 valence electrons. The van der Waals surface area contributed by atoms with Crippen LogP contribution in [0.4, 0.5) is 0 Å². The third-order valence-corrected chi connectivity index (χ3v) is 3.26. The molecule has 1 amide bonds. The molecular weight excluding hydrogens is 256 g/mol. The molecule has 0 saturated carbocycles. The van der Waals surface area contributed by atoms with Crippen LogP contribution in [-0.4, -0.2) is 37.8 Å². The van der Waals surface area contributed by atoms with Crippen molar-refractivity contribution in [3.63, 3.8) is 0 Å². The van der Waals surface area contributed by atoms with Gasteiger partial charge in [-0.25, -0.2) is 4.68 Å². The van der Waals surface area contributed by atoms with E-state index >= 15 is 0 Å². The third-order valence-electron chi connectivity index (χ3n) is 3.26. The summed E-state index contributed by atoms with van der Waals surface area (Å²) < 4.78 is 1.50. The van der Waals surface area contributed by atoms with E-state index in [9.17, 15) is 4.79 Å². The highest BCUT2D eigenvalue weighted by Crippen LogP contribution is 2.17. The van der Waals surface area contributed by atoms with Crippen LogP contribution in [0.25, 0.3) is 0 Å². The molecule has 2 rings (SSSR count). The zero-order chi connectivity index (χ0) is 14.5. The number of likely N-dealkylation sites (N-methyl/N-ethyl adjacent to an activating group) is 1. The second-order valence-corrected chi connectivity index (χ2v) is 4.57. The molecular formula is C13H18N6O. The van der Waals surface area contributed by atoms with Crippen LogP contribution in [-0.2, 0) is 17.9 Å². The summed E-state index contributed by atoms with van der Waals surface area (Å²) in [5.74, 6) is -0.0391. The molecule has 2 N–H and O–H groups in total. The van der Waals surface area contributed by atoms with E-state index in [1.54, 1.807) is 30.5 Å². The number of carbonyl (C=O) groups excluding carboxylic acids is 1. The summed E-state index contributed by atoms with van der Waals surface area (Å²) in [5, 5.41) is 7.73. The lowest BCUT2D eigenvalue weighted by Gasteiger charge is -2.25. The molecule has 20 heavy (non-hydrogen) atoms. The van der Waals surface area contributed by atoms with Gasteiger partial charge >= 0.3 is 0 Å². The average Bonchev–Trinajstić information content (AvgIpc) is 2.94. The number of rotatable bonds is 5. The Labute approximate surface area is 117 Å². The Morgan fingerprint density at radius 1 is 1.45 bits per heavy atom. The maximum absolute atomic E-state index is 12.2. The lowest BCUT2D eigenvalue weighted by molar-refractivity contribution is -0.132. The lowest BCUT2D eigenvalue weighted by Crippen LogP contribution is -2.32. The van der Waals surface area contributed by atoms with E-state index in [4.69, 9.17) is 5.73 Å². The first kappa shape index (κ1) is 14.1. The summed E-state index contributed by atoms with van der Waals surface area (Å²) in [6.07, 6.45) is 5.12. The predicted octanol–water partition coefficient (Wildman–Crippen LogP) is 0.351. The summed E-state index contributed by atoms with van der Waals surface area (Å²) in [7, 11) is 1.77. The van der Waals surface area contributed by atoms with Crippen LogP contribution in [0.2, 0.25) is 0 Å². The number of hydrogen-bond acceptors (Lipinski definition) is 5. The quantitative estimate of drug-likeness (QED) is 0.849. The van der Waals surface area contributed by atoms with Gasteiger partial charge in [0.05, 0.1) is 17.9 Å². The van der Waals surface area contributed by atoms with Gasteiger partial charge in [0.15, 0.2) is 0 Å². The Kier molecular flexibility index (Phi) is 4.41. The first-order chi connectivity index (χ1) is 9.61. The van der Waals surface area contributed by atoms with Crippen molar-refractivity contribution < 1.29 is 4.79 Å². The molecule has 0 bridgehead atoms. The van der Waals surface area contributed by atoms with Crippen molar-refractivity contribution >= 4 is 5.91 Å². The van der Waals surface area contributed by atoms with Gasteiger partial charge in [-0.3, -0.25) is 9.78 Å². The minimum atomic E-state index is -0.0391. The molecule has 0 spiro atoms. The topological polar surface area (TPSA) is 89.9 Å². The summed E-state index contributed by atoms with van der Waals surface area (Å²) in [6, 6.07) is 3.77. The summed E-state index contributed by atoms with van der Waals surface area (Å²) in [4.78, 5) is 17.9. The van der Waals surface area contributed by atoms with E-state index in [1.807, 2.05) is 19.1 Å². The smallest absolute Gasteiger partial charge is 0.244 e. The van der Waals surface area contributed by atoms with E-state index in [2.05, 4.69) is 15.3 Å². The van der Waals surface area contributed by atoms with Gasteiger partial charge in [0.2, 0.25) is 5.91 Å². The fourth-order valence-corrected chi connectivity index (χ4v) is 1.84. The van der Waals surface area contributed by atoms with Gasteiger partial charge in [0.1, 0.15) is 6.54 Å². The van der Waals surface area contributed by atoms with Gasteiger partial charge in [0, 0.05) is 26.0 Å². The van der Waals surface area contributed by atoms with Gasteiger partial charge in [-0.15, -0.1) is 5.10 Å². The zero-order valence-corrected chi connectivity index (χ0v) is 11.6. The fourth-order valence-electron chi connectivity index (χ4n) is 1.84. The number of nitrogens with two attached hydrogens (primary N) is 1. The van der Waals surface area contributed by atoms with Crippen LogP contribution in [0.1, 0.15) is 24.2 Å². The molecule has 0 aliphatic heterocycles. The number of aromatic nitrogens is 4. The van der Waals surface area contributed by atoms with Crippen molar-refractivity contribution in [3.05, 3.63) is 42.0 Å². The maximum atomic E-state index is 12.2. The van der Waals surface area contributed by atoms with E-state index in [0.717, 1.165) is 5.56 Å². The van der Waals surface area contributed by atoms with Crippen LogP contribution in [0.5, 0.6) is 0 Å². The van der Waals surface area contributed by atoms with Crippen molar-refractivity contribution in [1.82, 2.24) is 24.9 Å². The van der Waals surface area contributed by atoms with Crippen molar-refractivity contribution in [3.8, 4) is 0 Å². The highest BCUT2D eigenvalue weighted by atomic mass is 16.2. The number of nitrogens with zero attached hydrogens (tertiary/aromatic N) is 5. The van der Waals surface area contributed by atoms with Gasteiger partial charge in [-0.2, -0.15) is 0 Å². The van der Waals surface area contributed by atoms with Crippen molar-refractivity contribution in [1.29, 1.82) is 0 Å². The van der Waals surface area contributed by atoms with Gasteiger partial charge in [-0.1, -0.05) is 5.21 Å². The standard InChI is InChI=1S/C13H18N6O/c1-10(11-3-5-15-6-4-11)18(2)13(20)9-19-8-12(7-14)16-17-19/h3-6,8,10H,7,9,14H2,1-2H3. The van der Waals surface area contributed by atoms with Crippen molar-refractivity contribution in [2.75, 3.05) is 7.05 Å². The Hall–Kier alpha value is -2.28. The minimum absolute atomic E-state index is 0.0250. The molecule has 2 aromatic rings. The molecule has 7 nitrogen and oxygen atoms in total. The second kappa shape index (κ2) is 6.25. The van der Waals surface area contributed by atoms with E-state index in [-0.39, 0.29) is 18.5 Å². The predicted molar refractivity (Wildman–Crippen MR) is 73.3 cm³/mol. The highest BCUT2D eigenvalue weighted by Gasteiger charge is 2.18. The SMILES string of the molecule is CC(c1ccncc1)N(C)C(=O)Cn1cc(CN)nn1. The summed E-state index contributed by atoms with van der Waals surface area (Å²) in [5.41, 5.74) is 7.17. The van der Waals surface area contributed by atoms with Crippen LogP contribution >= 0.6 is 0 Å². The molecule has 2 aromatic heterocycles. The third kappa shape index (κ3) is 3.18. The molecule has 7 heteroatoms. The van der Waals surface area contributed by atoms with Crippen LogP contribution in [0, 0.1) is 0 Å². The largest absolute Gasteiger partial charge is 0.337 e. The zero-order valence-electron chi connectivity index (χ0n) is 11.6. The van der Waals surface area contributed by atoms with Gasteiger partial charge in [0.25, 0.3) is 0 Å². The highest BCUT2D eigenvalue weighted by molar-refractivity contribution is 5.76. The van der Waals surface area contributed by atoms with Gasteiger partial charge in [-0.05, 0) is 24.6 Å².